The van der Waals surface area contributed by atoms with Crippen LogP contribution in [0.15, 0.2) is 6.07 Å². The van der Waals surface area contributed by atoms with Crippen LogP contribution < -0.4 is 5.32 Å². The van der Waals surface area contributed by atoms with Crippen LogP contribution in [0.25, 0.3) is 0 Å². The molecular weight excluding hydrogens is 372 g/mol. The summed E-state index contributed by atoms with van der Waals surface area (Å²) in [7, 11) is 1.32. The van der Waals surface area contributed by atoms with Gasteiger partial charge in [0.15, 0.2) is 0 Å². The van der Waals surface area contributed by atoms with Crippen molar-refractivity contribution < 1.29 is 19.2 Å². The molecule has 2 aromatic heterocycles. The number of nitrogens with one attached hydrogen (secondary N) is 1. The Hall–Kier alpha value is -2.75. The standard InChI is InChI=1S/C17H20N4O5S/c1-9-4-5-11-12(6-9)27-16(15(11)17(23)26-3)18-14(22)8-20-10(2)7-13(19-20)21(24)25/h7,9H,4-6,8H2,1-3H3,(H,18,22)/t9-/m1/s1. The van der Waals surface area contributed by atoms with Crippen LogP contribution in [0.4, 0.5) is 10.8 Å². The number of hydrogen-bond donors (Lipinski definition) is 1. The van der Waals surface area contributed by atoms with Gasteiger partial charge in [0.05, 0.1) is 29.5 Å². The quantitative estimate of drug-likeness (QED) is 0.475. The van der Waals surface area contributed by atoms with Crippen LogP contribution in [0.1, 0.15) is 39.8 Å². The Kier molecular flexibility index (Phi) is 5.26. The molecule has 0 aromatic carbocycles. The number of aryl methyl sites for hydroxylation is 1. The van der Waals surface area contributed by atoms with Gasteiger partial charge in [-0.1, -0.05) is 6.92 Å². The van der Waals surface area contributed by atoms with Gasteiger partial charge in [0, 0.05) is 4.88 Å². The minimum Gasteiger partial charge on any atom is -0.465 e. The molecule has 0 bridgehead atoms. The molecule has 2 aromatic rings. The minimum atomic E-state index is -0.606. The second-order valence-corrected chi connectivity index (χ2v) is 7.76. The maximum atomic E-state index is 12.5. The molecule has 1 atom stereocenters. The highest BCUT2D eigenvalue weighted by molar-refractivity contribution is 7.17. The molecule has 1 N–H and O–H groups in total. The summed E-state index contributed by atoms with van der Waals surface area (Å²) in [5.74, 6) is -0.662. The SMILES string of the molecule is COC(=O)c1c(NC(=O)Cn2nc([N+](=O)[O-])cc2C)sc2c1CC[C@@H](C)C2. The fourth-order valence-corrected chi connectivity index (χ4v) is 4.62. The third-order valence-electron chi connectivity index (χ3n) is 4.60. The molecular formula is C17H20N4O5S. The van der Waals surface area contributed by atoms with E-state index in [1.807, 2.05) is 0 Å². The number of amides is 1. The molecule has 2 heterocycles. The van der Waals surface area contributed by atoms with Crippen molar-refractivity contribution in [2.45, 2.75) is 39.7 Å². The van der Waals surface area contributed by atoms with Crippen LogP contribution in [-0.2, 0) is 28.9 Å². The van der Waals surface area contributed by atoms with E-state index in [0.717, 1.165) is 29.7 Å². The van der Waals surface area contributed by atoms with Crippen LogP contribution in [0, 0.1) is 23.0 Å². The fourth-order valence-electron chi connectivity index (χ4n) is 3.20. The summed E-state index contributed by atoms with van der Waals surface area (Å²) in [5.41, 5.74) is 1.87. The monoisotopic (exact) mass is 392 g/mol. The van der Waals surface area contributed by atoms with Crippen LogP contribution in [0.3, 0.4) is 0 Å². The minimum absolute atomic E-state index is 0.181. The summed E-state index contributed by atoms with van der Waals surface area (Å²) < 4.78 is 6.17. The topological polar surface area (TPSA) is 116 Å². The van der Waals surface area contributed by atoms with Crippen molar-refractivity contribution in [1.29, 1.82) is 0 Å². The van der Waals surface area contributed by atoms with Gasteiger partial charge in [-0.3, -0.25) is 4.79 Å². The normalized spacial score (nSPS) is 15.9. The van der Waals surface area contributed by atoms with E-state index in [2.05, 4.69) is 17.3 Å². The Labute approximate surface area is 159 Å². The average molecular weight is 392 g/mol. The van der Waals surface area contributed by atoms with Gasteiger partial charge in [-0.2, -0.15) is 4.68 Å². The zero-order valence-corrected chi connectivity index (χ0v) is 16.1. The highest BCUT2D eigenvalue weighted by atomic mass is 32.1. The molecule has 0 radical (unpaired) electrons. The van der Waals surface area contributed by atoms with E-state index >= 15 is 0 Å². The van der Waals surface area contributed by atoms with Crippen LogP contribution >= 0.6 is 11.3 Å². The maximum absolute atomic E-state index is 12.5. The van der Waals surface area contributed by atoms with E-state index in [-0.39, 0.29) is 12.4 Å². The van der Waals surface area contributed by atoms with Crippen molar-refractivity contribution in [3.05, 3.63) is 37.9 Å². The van der Waals surface area contributed by atoms with E-state index in [0.29, 0.717) is 22.2 Å². The Morgan fingerprint density at radius 2 is 2.26 bits per heavy atom. The highest BCUT2D eigenvalue weighted by Gasteiger charge is 2.29. The number of fused-ring (bicyclic) bond motifs is 1. The van der Waals surface area contributed by atoms with E-state index in [1.165, 1.54) is 29.2 Å². The number of thiophene rings is 1. The predicted molar refractivity (Wildman–Crippen MR) is 99.1 cm³/mol. The third-order valence-corrected chi connectivity index (χ3v) is 5.77. The summed E-state index contributed by atoms with van der Waals surface area (Å²) in [6.45, 7) is 3.61. The van der Waals surface area contributed by atoms with Crippen molar-refractivity contribution in [3.63, 3.8) is 0 Å². The molecule has 1 amide bonds. The molecule has 9 nitrogen and oxygen atoms in total. The highest BCUT2D eigenvalue weighted by Crippen LogP contribution is 2.40. The molecule has 3 rings (SSSR count). The zero-order chi connectivity index (χ0) is 19.7. The van der Waals surface area contributed by atoms with Crippen LogP contribution in [0.2, 0.25) is 0 Å². The van der Waals surface area contributed by atoms with Gasteiger partial charge in [0.2, 0.25) is 5.91 Å². The number of esters is 1. The van der Waals surface area contributed by atoms with Gasteiger partial charge >= 0.3 is 11.8 Å². The van der Waals surface area contributed by atoms with Gasteiger partial charge in [-0.05, 0) is 42.6 Å². The Balaban J connectivity index is 1.83. The average Bonchev–Trinajstić information content (AvgIpc) is 3.14. The molecule has 10 heteroatoms. The van der Waals surface area contributed by atoms with Crippen LogP contribution in [-0.4, -0.2) is 33.7 Å². The summed E-state index contributed by atoms with van der Waals surface area (Å²) in [6.07, 6.45) is 2.62. The van der Waals surface area contributed by atoms with Crippen molar-refractivity contribution in [2.75, 3.05) is 12.4 Å². The lowest BCUT2D eigenvalue weighted by Gasteiger charge is -2.18. The van der Waals surface area contributed by atoms with E-state index < -0.39 is 16.8 Å². The maximum Gasteiger partial charge on any atom is 0.390 e. The molecule has 0 aliphatic heterocycles. The first-order chi connectivity index (χ1) is 12.8. The smallest absolute Gasteiger partial charge is 0.390 e. The molecule has 0 fully saturated rings. The molecule has 0 unspecified atom stereocenters. The number of anilines is 1. The summed E-state index contributed by atoms with van der Waals surface area (Å²) in [4.78, 5) is 36.0. The number of aromatic nitrogens is 2. The lowest BCUT2D eigenvalue weighted by atomic mass is 9.88. The van der Waals surface area contributed by atoms with E-state index in [4.69, 9.17) is 4.74 Å². The largest absolute Gasteiger partial charge is 0.465 e. The third kappa shape index (κ3) is 3.85. The number of carbonyl (C=O) groups excluding carboxylic acids is 2. The van der Waals surface area contributed by atoms with E-state index in [9.17, 15) is 19.7 Å². The first-order valence-corrected chi connectivity index (χ1v) is 9.33. The second kappa shape index (κ2) is 7.47. The molecule has 0 saturated heterocycles. The number of methoxy groups -OCH3 is 1. The second-order valence-electron chi connectivity index (χ2n) is 6.65. The number of nitro groups is 1. The Morgan fingerprint density at radius 1 is 1.52 bits per heavy atom. The Morgan fingerprint density at radius 3 is 2.89 bits per heavy atom. The van der Waals surface area contributed by atoms with Crippen molar-refractivity contribution in [1.82, 2.24) is 9.78 Å². The predicted octanol–water partition coefficient (Wildman–Crippen LogP) is 2.71. The van der Waals surface area contributed by atoms with Crippen molar-refractivity contribution >= 4 is 34.0 Å². The first kappa shape index (κ1) is 19.0. The van der Waals surface area contributed by atoms with Gasteiger partial charge < -0.3 is 20.2 Å². The first-order valence-electron chi connectivity index (χ1n) is 8.51. The zero-order valence-electron chi connectivity index (χ0n) is 15.3. The molecule has 1 aliphatic carbocycles. The van der Waals surface area contributed by atoms with Crippen molar-refractivity contribution in [3.8, 4) is 0 Å². The molecule has 144 valence electrons. The van der Waals surface area contributed by atoms with Gasteiger partial charge in [-0.15, -0.1) is 11.3 Å². The molecule has 1 aliphatic rings. The van der Waals surface area contributed by atoms with Gasteiger partial charge in [0.1, 0.15) is 11.5 Å². The molecule has 27 heavy (non-hydrogen) atoms. The number of rotatable bonds is 5. The van der Waals surface area contributed by atoms with Crippen LogP contribution in [0.5, 0.6) is 0 Å². The van der Waals surface area contributed by atoms with Gasteiger partial charge in [0.25, 0.3) is 0 Å². The van der Waals surface area contributed by atoms with Crippen molar-refractivity contribution in [2.24, 2.45) is 5.92 Å². The number of carbonyl (C=O) groups is 2. The fraction of sp³-hybridized carbons (Fsp3) is 0.471. The molecule has 0 saturated carbocycles. The number of hydrogen-bond acceptors (Lipinski definition) is 7. The van der Waals surface area contributed by atoms with Gasteiger partial charge in [-0.25, -0.2) is 4.79 Å². The van der Waals surface area contributed by atoms with E-state index in [1.54, 1.807) is 6.92 Å². The summed E-state index contributed by atoms with van der Waals surface area (Å²) >= 11 is 1.39. The Bertz CT molecular complexity index is 917. The lowest BCUT2D eigenvalue weighted by molar-refractivity contribution is -0.389. The number of nitrogens with zero attached hydrogens (tertiary/aromatic N) is 3. The lowest BCUT2D eigenvalue weighted by Crippen LogP contribution is -2.21. The molecule has 0 spiro atoms. The summed E-state index contributed by atoms with van der Waals surface area (Å²) in [6, 6.07) is 1.30. The number of ether oxygens (including phenoxy) is 1. The summed E-state index contributed by atoms with van der Waals surface area (Å²) in [5, 5.41) is 17.8.